The highest BCUT2D eigenvalue weighted by Crippen LogP contribution is 2.04. The number of rotatable bonds is 0. The van der Waals surface area contributed by atoms with Crippen LogP contribution >= 0.6 is 0 Å². The van der Waals surface area contributed by atoms with E-state index in [-0.39, 0.29) is 5.78 Å². The summed E-state index contributed by atoms with van der Waals surface area (Å²) in [5.74, 6) is 0.164. The number of carboxylic acid groups (broad SMARTS) is 1. The number of nitrogens with zero attached hydrogens (tertiary/aromatic N) is 1. The van der Waals surface area contributed by atoms with Crippen molar-refractivity contribution in [1.29, 1.82) is 0 Å². The minimum Gasteiger partial charge on any atom is -0.465 e. The van der Waals surface area contributed by atoms with E-state index in [9.17, 15) is 9.59 Å². The summed E-state index contributed by atoms with van der Waals surface area (Å²) < 4.78 is 0. The molecule has 1 rings (SSSR count). The second kappa shape index (κ2) is 5.57. The average molecular weight is 173 g/mol. The molecule has 1 saturated heterocycles. The first kappa shape index (κ1) is 10.9. The van der Waals surface area contributed by atoms with E-state index >= 15 is 0 Å². The second-order valence-electron chi connectivity index (χ2n) is 2.31. The molecular formula is C8H15NO3. The predicted molar refractivity (Wildman–Crippen MR) is 45.2 cm³/mol. The molecule has 4 nitrogen and oxygen atoms in total. The van der Waals surface area contributed by atoms with Crippen molar-refractivity contribution in [1.82, 2.24) is 4.90 Å². The van der Waals surface area contributed by atoms with Gasteiger partial charge in [0.15, 0.2) is 0 Å². The molecule has 0 aromatic rings. The van der Waals surface area contributed by atoms with E-state index < -0.39 is 6.09 Å². The van der Waals surface area contributed by atoms with Crippen LogP contribution in [0.25, 0.3) is 0 Å². The van der Waals surface area contributed by atoms with Crippen LogP contribution < -0.4 is 0 Å². The molecule has 4 heteroatoms. The van der Waals surface area contributed by atoms with Crippen LogP contribution in [0.2, 0.25) is 0 Å². The molecule has 0 unspecified atom stereocenters. The number of ketones is 1. The largest absolute Gasteiger partial charge is 0.465 e. The lowest BCUT2D eigenvalue weighted by molar-refractivity contribution is -0.121. The maximum absolute atomic E-state index is 10.6. The zero-order valence-electron chi connectivity index (χ0n) is 7.54. The van der Waals surface area contributed by atoms with Crippen molar-refractivity contribution in [3.05, 3.63) is 0 Å². The van der Waals surface area contributed by atoms with Crippen molar-refractivity contribution < 1.29 is 14.7 Å². The fourth-order valence-corrected chi connectivity index (χ4v) is 0.947. The lowest BCUT2D eigenvalue weighted by Crippen LogP contribution is -2.37. The van der Waals surface area contributed by atoms with Gasteiger partial charge >= 0.3 is 6.09 Å². The Morgan fingerprint density at radius 3 is 2.08 bits per heavy atom. The third kappa shape index (κ3) is 3.37. The van der Waals surface area contributed by atoms with Crippen LogP contribution in [0.1, 0.15) is 26.7 Å². The molecule has 0 aromatic carbocycles. The van der Waals surface area contributed by atoms with Crippen LogP contribution in [0.4, 0.5) is 4.79 Å². The Morgan fingerprint density at radius 2 is 1.75 bits per heavy atom. The zero-order valence-corrected chi connectivity index (χ0v) is 7.54. The molecule has 0 spiro atoms. The summed E-state index contributed by atoms with van der Waals surface area (Å²) in [6.07, 6.45) is -0.161. The topological polar surface area (TPSA) is 57.6 Å². The van der Waals surface area contributed by atoms with Gasteiger partial charge in [-0.25, -0.2) is 4.79 Å². The Hall–Kier alpha value is -1.06. The van der Waals surface area contributed by atoms with Gasteiger partial charge in [0.25, 0.3) is 0 Å². The van der Waals surface area contributed by atoms with Crippen LogP contribution in [0.5, 0.6) is 0 Å². The molecule has 0 saturated carbocycles. The van der Waals surface area contributed by atoms with Gasteiger partial charge in [-0.15, -0.1) is 0 Å². The van der Waals surface area contributed by atoms with Crippen molar-refractivity contribution in [2.45, 2.75) is 26.7 Å². The minimum atomic E-state index is -0.924. The average Bonchev–Trinajstić information content (AvgIpc) is 2.09. The SMILES string of the molecule is CC.O=C1CCN(C(=O)O)CC1. The van der Waals surface area contributed by atoms with E-state index in [1.54, 1.807) is 0 Å². The molecule has 1 aliphatic heterocycles. The molecule has 1 heterocycles. The van der Waals surface area contributed by atoms with Gasteiger partial charge in [0.2, 0.25) is 0 Å². The maximum atomic E-state index is 10.6. The summed E-state index contributed by atoms with van der Waals surface area (Å²) in [4.78, 5) is 22.2. The molecule has 0 radical (unpaired) electrons. The highest BCUT2D eigenvalue weighted by Gasteiger charge is 2.19. The number of likely N-dealkylation sites (tertiary alicyclic amines) is 1. The van der Waals surface area contributed by atoms with Crippen molar-refractivity contribution >= 4 is 11.9 Å². The van der Waals surface area contributed by atoms with E-state index in [1.165, 1.54) is 4.90 Å². The van der Waals surface area contributed by atoms with Gasteiger partial charge in [-0.3, -0.25) is 4.79 Å². The normalized spacial score (nSPS) is 16.5. The number of hydrogen-bond acceptors (Lipinski definition) is 2. The monoisotopic (exact) mass is 173 g/mol. The summed E-state index contributed by atoms with van der Waals surface area (Å²) in [7, 11) is 0. The fraction of sp³-hybridized carbons (Fsp3) is 0.750. The third-order valence-corrected chi connectivity index (χ3v) is 1.59. The highest BCUT2D eigenvalue weighted by atomic mass is 16.4. The summed E-state index contributed by atoms with van der Waals surface area (Å²) in [5.41, 5.74) is 0. The molecule has 1 fully saturated rings. The van der Waals surface area contributed by atoms with Gasteiger partial charge in [0.1, 0.15) is 5.78 Å². The molecular weight excluding hydrogens is 158 g/mol. The van der Waals surface area contributed by atoms with E-state index in [4.69, 9.17) is 5.11 Å². The van der Waals surface area contributed by atoms with Gasteiger partial charge in [-0.1, -0.05) is 13.8 Å². The van der Waals surface area contributed by atoms with Crippen molar-refractivity contribution in [3.63, 3.8) is 0 Å². The molecule has 0 aliphatic carbocycles. The first-order valence-corrected chi connectivity index (χ1v) is 4.20. The van der Waals surface area contributed by atoms with E-state index in [1.807, 2.05) is 13.8 Å². The molecule has 0 atom stereocenters. The number of carbonyl (C=O) groups excluding carboxylic acids is 1. The Morgan fingerprint density at radius 1 is 1.33 bits per heavy atom. The smallest absolute Gasteiger partial charge is 0.407 e. The van der Waals surface area contributed by atoms with Crippen molar-refractivity contribution in [3.8, 4) is 0 Å². The highest BCUT2D eigenvalue weighted by molar-refractivity contribution is 5.81. The Kier molecular flexibility index (Phi) is 5.08. The predicted octanol–water partition coefficient (Wildman–Crippen LogP) is 1.36. The molecule has 0 aromatic heterocycles. The summed E-state index contributed by atoms with van der Waals surface area (Å²) in [6, 6.07) is 0. The van der Waals surface area contributed by atoms with Gasteiger partial charge in [0, 0.05) is 25.9 Å². The van der Waals surface area contributed by atoms with E-state index in [0.29, 0.717) is 25.9 Å². The lowest BCUT2D eigenvalue weighted by atomic mass is 10.1. The van der Waals surface area contributed by atoms with E-state index in [2.05, 4.69) is 0 Å². The molecule has 1 amide bonds. The number of hydrogen-bond donors (Lipinski definition) is 1. The number of carbonyl (C=O) groups is 2. The molecule has 12 heavy (non-hydrogen) atoms. The minimum absolute atomic E-state index is 0.164. The Labute approximate surface area is 72.2 Å². The van der Waals surface area contributed by atoms with Crippen LogP contribution in [0.3, 0.4) is 0 Å². The van der Waals surface area contributed by atoms with Gasteiger partial charge in [-0.2, -0.15) is 0 Å². The zero-order chi connectivity index (χ0) is 9.56. The van der Waals surface area contributed by atoms with Crippen LogP contribution in [-0.4, -0.2) is 35.0 Å². The van der Waals surface area contributed by atoms with Crippen LogP contribution in [0, 0.1) is 0 Å². The van der Waals surface area contributed by atoms with Crippen LogP contribution in [0.15, 0.2) is 0 Å². The maximum Gasteiger partial charge on any atom is 0.407 e. The summed E-state index contributed by atoms with van der Waals surface area (Å²) >= 11 is 0. The summed E-state index contributed by atoms with van der Waals surface area (Å²) in [6.45, 7) is 4.74. The quantitative estimate of drug-likeness (QED) is 0.601. The number of Topliss-reactive ketones (excluding diaryl/α,β-unsaturated/α-hetero) is 1. The third-order valence-electron chi connectivity index (χ3n) is 1.59. The molecule has 70 valence electrons. The molecule has 1 N–H and O–H groups in total. The summed E-state index contributed by atoms with van der Waals surface area (Å²) in [5, 5.41) is 8.44. The first-order valence-electron chi connectivity index (χ1n) is 4.20. The van der Waals surface area contributed by atoms with Crippen molar-refractivity contribution in [2.24, 2.45) is 0 Å². The lowest BCUT2D eigenvalue weighted by Gasteiger charge is -2.22. The first-order chi connectivity index (χ1) is 5.70. The number of amides is 1. The second-order valence-corrected chi connectivity index (χ2v) is 2.31. The van der Waals surface area contributed by atoms with Gasteiger partial charge in [0.05, 0.1) is 0 Å². The standard InChI is InChI=1S/C6H9NO3.C2H6/c8-5-1-3-7(4-2-5)6(9)10;1-2/h1-4H2,(H,9,10);1-2H3. The molecule has 0 bridgehead atoms. The van der Waals surface area contributed by atoms with Gasteiger partial charge in [-0.05, 0) is 0 Å². The van der Waals surface area contributed by atoms with Crippen LogP contribution in [-0.2, 0) is 4.79 Å². The fourth-order valence-electron chi connectivity index (χ4n) is 0.947. The van der Waals surface area contributed by atoms with E-state index in [0.717, 1.165) is 0 Å². The Bertz CT molecular complexity index is 158. The number of piperidine rings is 1. The Balaban J connectivity index is 0.000000561. The van der Waals surface area contributed by atoms with Crippen molar-refractivity contribution in [2.75, 3.05) is 13.1 Å². The molecule has 1 aliphatic rings. The van der Waals surface area contributed by atoms with Gasteiger partial charge < -0.3 is 10.0 Å².